The second-order valence-electron chi connectivity index (χ2n) is 9.28. The molecule has 4 aromatic rings. The average Bonchev–Trinajstić information content (AvgIpc) is 3.13. The van der Waals surface area contributed by atoms with E-state index in [2.05, 4.69) is 29.0 Å². The van der Waals surface area contributed by atoms with E-state index in [0.29, 0.717) is 5.92 Å². The molecule has 0 atom stereocenters. The van der Waals surface area contributed by atoms with Crippen LogP contribution in [0.1, 0.15) is 31.7 Å². The van der Waals surface area contributed by atoms with Gasteiger partial charge in [-0.25, -0.2) is 4.79 Å². The highest BCUT2D eigenvalue weighted by Crippen LogP contribution is 2.38. The molecule has 1 aliphatic rings. The van der Waals surface area contributed by atoms with Crippen LogP contribution in [0, 0.1) is 5.92 Å². The molecular formula is C25H26Cl2N4O2. The number of fused-ring (bicyclic) bond motifs is 3. The van der Waals surface area contributed by atoms with Crippen LogP contribution in [0.4, 0.5) is 0 Å². The Labute approximate surface area is 201 Å². The second-order valence-corrected chi connectivity index (χ2v) is 10.1. The van der Waals surface area contributed by atoms with E-state index in [9.17, 15) is 9.90 Å². The number of halogens is 2. The van der Waals surface area contributed by atoms with Crippen molar-refractivity contribution in [3.05, 3.63) is 57.1 Å². The number of aromatic nitrogens is 3. The quantitative estimate of drug-likeness (QED) is 0.380. The van der Waals surface area contributed by atoms with Crippen molar-refractivity contribution in [2.75, 3.05) is 20.6 Å². The minimum atomic E-state index is -0.128. The molecule has 0 radical (unpaired) electrons. The van der Waals surface area contributed by atoms with Crippen LogP contribution >= 0.6 is 23.2 Å². The Bertz CT molecular complexity index is 1380. The van der Waals surface area contributed by atoms with Crippen LogP contribution in [0.3, 0.4) is 0 Å². The predicted molar refractivity (Wildman–Crippen MR) is 135 cm³/mol. The molecule has 0 spiro atoms. The molecular weight excluding hydrogens is 459 g/mol. The highest BCUT2D eigenvalue weighted by atomic mass is 35.5. The van der Waals surface area contributed by atoms with Crippen molar-refractivity contribution in [1.82, 2.24) is 19.4 Å². The zero-order valence-electron chi connectivity index (χ0n) is 18.6. The first kappa shape index (κ1) is 22.3. The van der Waals surface area contributed by atoms with Crippen LogP contribution in [0.15, 0.2) is 41.3 Å². The van der Waals surface area contributed by atoms with Gasteiger partial charge in [-0.3, -0.25) is 9.55 Å². The van der Waals surface area contributed by atoms with Gasteiger partial charge in [-0.15, -0.1) is 0 Å². The van der Waals surface area contributed by atoms with Crippen LogP contribution < -0.4 is 5.69 Å². The molecule has 0 saturated heterocycles. The molecule has 172 valence electrons. The summed E-state index contributed by atoms with van der Waals surface area (Å²) < 4.78 is 1.94. The Morgan fingerprint density at radius 2 is 1.79 bits per heavy atom. The van der Waals surface area contributed by atoms with E-state index in [-0.39, 0.29) is 27.5 Å². The molecule has 1 fully saturated rings. The Hall–Kier alpha value is -2.54. The third-order valence-corrected chi connectivity index (χ3v) is 7.27. The number of rotatable bonds is 4. The lowest BCUT2D eigenvalue weighted by atomic mass is 9.85. The van der Waals surface area contributed by atoms with Crippen molar-refractivity contribution in [3.8, 4) is 16.9 Å². The second kappa shape index (κ2) is 8.67. The number of hydrogen-bond donors (Lipinski definition) is 2. The maximum Gasteiger partial charge on any atom is 0.326 e. The van der Waals surface area contributed by atoms with Crippen molar-refractivity contribution in [2.24, 2.45) is 5.92 Å². The third-order valence-electron chi connectivity index (χ3n) is 6.70. The summed E-state index contributed by atoms with van der Waals surface area (Å²) in [5.41, 5.74) is 4.03. The summed E-state index contributed by atoms with van der Waals surface area (Å²) >= 11 is 12.3. The molecule has 2 aromatic heterocycles. The number of aromatic hydroxyl groups is 1. The first-order valence-electron chi connectivity index (χ1n) is 11.2. The van der Waals surface area contributed by atoms with E-state index in [4.69, 9.17) is 23.2 Å². The summed E-state index contributed by atoms with van der Waals surface area (Å²) in [6.45, 7) is 1.09. The smallest absolute Gasteiger partial charge is 0.326 e. The third kappa shape index (κ3) is 4.12. The van der Waals surface area contributed by atoms with Crippen LogP contribution in [0.5, 0.6) is 5.75 Å². The molecule has 1 aliphatic carbocycles. The highest BCUT2D eigenvalue weighted by molar-refractivity contribution is 6.37. The molecule has 1 saturated carbocycles. The van der Waals surface area contributed by atoms with Crippen molar-refractivity contribution in [1.29, 1.82) is 0 Å². The van der Waals surface area contributed by atoms with Gasteiger partial charge in [-0.1, -0.05) is 29.3 Å². The Balaban J connectivity index is 1.61. The van der Waals surface area contributed by atoms with Gasteiger partial charge in [0.25, 0.3) is 0 Å². The lowest BCUT2D eigenvalue weighted by Crippen LogP contribution is -2.30. The number of benzene rings is 2. The van der Waals surface area contributed by atoms with E-state index < -0.39 is 0 Å². The topological polar surface area (TPSA) is 74.2 Å². The Morgan fingerprint density at radius 3 is 2.45 bits per heavy atom. The maximum absolute atomic E-state index is 13.0. The van der Waals surface area contributed by atoms with Crippen LogP contribution in [0.2, 0.25) is 10.0 Å². The SMILES string of the molecule is CN(C)CC1CCC(n2c(=O)[nH]c3cnc4ccc(-c5cc(Cl)c(O)c(Cl)c5)cc4c32)CC1. The van der Waals surface area contributed by atoms with Crippen LogP contribution in [-0.4, -0.2) is 45.2 Å². The average molecular weight is 485 g/mol. The van der Waals surface area contributed by atoms with Gasteiger partial charge in [0.15, 0.2) is 5.75 Å². The van der Waals surface area contributed by atoms with Gasteiger partial charge >= 0.3 is 5.69 Å². The van der Waals surface area contributed by atoms with Gasteiger partial charge in [0.2, 0.25) is 0 Å². The lowest BCUT2D eigenvalue weighted by Gasteiger charge is -2.31. The van der Waals surface area contributed by atoms with E-state index in [1.165, 1.54) is 0 Å². The minimum absolute atomic E-state index is 0.0866. The standard InChI is InChI=1S/C25H26Cl2N4O2/c1-30(2)13-14-3-6-17(7-4-14)31-23-18-9-15(16-10-19(26)24(32)20(27)11-16)5-8-21(18)28-12-22(23)29-25(31)33/h5,8-12,14,17,32H,3-4,6-7,13H2,1-2H3,(H,29,33). The maximum atomic E-state index is 13.0. The molecule has 6 nitrogen and oxygen atoms in total. The number of hydrogen-bond acceptors (Lipinski definition) is 4. The van der Waals surface area contributed by atoms with Crippen molar-refractivity contribution < 1.29 is 5.11 Å². The van der Waals surface area contributed by atoms with Gasteiger partial charge in [0.05, 0.1) is 32.8 Å². The number of phenolic OH excluding ortho intramolecular Hbond substituents is 1. The fraction of sp³-hybridized carbons (Fsp3) is 0.360. The summed E-state index contributed by atoms with van der Waals surface area (Å²) in [6, 6.07) is 9.44. The zero-order chi connectivity index (χ0) is 23.3. The summed E-state index contributed by atoms with van der Waals surface area (Å²) in [6.07, 6.45) is 5.93. The summed E-state index contributed by atoms with van der Waals surface area (Å²) in [5, 5.41) is 11.2. The normalized spacial score (nSPS) is 19.1. The number of phenols is 1. The summed E-state index contributed by atoms with van der Waals surface area (Å²) in [7, 11) is 4.23. The van der Waals surface area contributed by atoms with Gasteiger partial charge in [0, 0.05) is 18.0 Å². The fourth-order valence-electron chi connectivity index (χ4n) is 5.17. The van der Waals surface area contributed by atoms with E-state index in [1.807, 2.05) is 22.8 Å². The number of nitrogens with zero attached hydrogens (tertiary/aromatic N) is 3. The first-order chi connectivity index (χ1) is 15.8. The predicted octanol–water partition coefficient (Wildman–Crippen LogP) is 5.85. The molecule has 8 heteroatoms. The molecule has 5 rings (SSSR count). The Morgan fingerprint density at radius 1 is 1.09 bits per heavy atom. The highest BCUT2D eigenvalue weighted by Gasteiger charge is 2.26. The molecule has 33 heavy (non-hydrogen) atoms. The minimum Gasteiger partial charge on any atom is -0.505 e. The fourth-order valence-corrected chi connectivity index (χ4v) is 5.66. The van der Waals surface area contributed by atoms with Crippen molar-refractivity contribution in [2.45, 2.75) is 31.7 Å². The molecule has 2 aromatic carbocycles. The number of nitrogens with one attached hydrogen (secondary N) is 1. The van der Waals surface area contributed by atoms with Crippen LogP contribution in [-0.2, 0) is 0 Å². The van der Waals surface area contributed by atoms with Crippen LogP contribution in [0.25, 0.3) is 33.1 Å². The number of H-pyrrole nitrogens is 1. The lowest BCUT2D eigenvalue weighted by molar-refractivity contribution is 0.224. The number of aromatic amines is 1. The molecule has 0 amide bonds. The molecule has 0 bridgehead atoms. The van der Waals surface area contributed by atoms with Gasteiger partial charge in [0.1, 0.15) is 0 Å². The van der Waals surface area contributed by atoms with Gasteiger partial charge in [-0.05, 0) is 81.1 Å². The molecule has 0 unspecified atom stereocenters. The van der Waals surface area contributed by atoms with Gasteiger partial charge < -0.3 is 15.0 Å². The number of pyridine rings is 1. The van der Waals surface area contributed by atoms with Crippen molar-refractivity contribution in [3.63, 3.8) is 0 Å². The van der Waals surface area contributed by atoms with E-state index in [1.54, 1.807) is 18.3 Å². The molecule has 2 N–H and O–H groups in total. The van der Waals surface area contributed by atoms with E-state index in [0.717, 1.165) is 65.3 Å². The Kier molecular flexibility index (Phi) is 5.85. The summed E-state index contributed by atoms with van der Waals surface area (Å²) in [5.74, 6) is 0.544. The molecule has 0 aliphatic heterocycles. The first-order valence-corrected chi connectivity index (χ1v) is 11.9. The number of imidazole rings is 1. The molecule has 2 heterocycles. The van der Waals surface area contributed by atoms with Crippen molar-refractivity contribution >= 4 is 45.1 Å². The zero-order valence-corrected chi connectivity index (χ0v) is 20.1. The van der Waals surface area contributed by atoms with E-state index >= 15 is 0 Å². The monoisotopic (exact) mass is 484 g/mol. The van der Waals surface area contributed by atoms with Gasteiger partial charge in [-0.2, -0.15) is 0 Å². The summed E-state index contributed by atoms with van der Waals surface area (Å²) in [4.78, 5) is 22.8. The largest absolute Gasteiger partial charge is 0.505 e.